The average molecular weight is 517 g/mol. The molecule has 2 fully saturated rings. The Hall–Kier alpha value is -3.74. The third-order valence-corrected chi connectivity index (χ3v) is 6.32. The number of alkyl carbamates (subject to hydrolysis) is 1. The summed E-state index contributed by atoms with van der Waals surface area (Å²) in [6, 6.07) is 5.83. The molecule has 3 rings (SSSR count). The molecule has 1 aliphatic heterocycles. The molecule has 16 heteroatoms. The van der Waals surface area contributed by atoms with E-state index in [0.717, 1.165) is 5.56 Å². The molecule has 37 heavy (non-hydrogen) atoms. The molecule has 1 amide bonds. The zero-order chi connectivity index (χ0) is 26.8. The van der Waals surface area contributed by atoms with Gasteiger partial charge in [0, 0.05) is 14.7 Å². The van der Waals surface area contributed by atoms with Gasteiger partial charge in [-0.25, -0.2) is 4.79 Å². The van der Waals surface area contributed by atoms with Gasteiger partial charge >= 0.3 is 6.09 Å². The lowest BCUT2D eigenvalue weighted by Gasteiger charge is -2.43. The third-order valence-electron chi connectivity index (χ3n) is 6.32. The molecule has 0 aromatic heterocycles. The van der Waals surface area contributed by atoms with Crippen molar-refractivity contribution in [1.82, 2.24) is 5.32 Å². The number of rotatable bonds is 9. The first kappa shape index (κ1) is 27.8. The van der Waals surface area contributed by atoms with Crippen LogP contribution in [-0.2, 0) is 20.8 Å². The first-order valence-electron chi connectivity index (χ1n) is 11.6. The van der Waals surface area contributed by atoms with E-state index in [4.69, 9.17) is 30.8 Å². The highest BCUT2D eigenvalue weighted by Crippen LogP contribution is 2.32. The third kappa shape index (κ3) is 7.38. The number of nitrogens with one attached hydrogen (secondary N) is 1. The molecule has 198 valence electrons. The highest BCUT2D eigenvalue weighted by atomic mass is 16.7. The number of amides is 1. The number of azide groups is 3. The standard InChI is InChI=1S/C21H28N10O6/c1-11(25-21(34)35-10-12-5-3-2-4-6-12)16-8-7-13(26-29-22)20(36-16)37-19-15(28-31-24)9-14(27-30-23)17(32)18(19)33/h2-6,11,13-20,32-33H,7-10H2,1H3,(H,25,34)/t11-,13-,14-,15+,16+,17+,18-,19-,20-/m1/s1. The van der Waals surface area contributed by atoms with E-state index in [1.54, 1.807) is 6.92 Å². The molecule has 0 bridgehead atoms. The van der Waals surface area contributed by atoms with Crippen LogP contribution in [0.5, 0.6) is 0 Å². The zero-order valence-corrected chi connectivity index (χ0v) is 20.0. The maximum absolute atomic E-state index is 12.3. The summed E-state index contributed by atoms with van der Waals surface area (Å²) in [5.74, 6) is 0. The lowest BCUT2D eigenvalue weighted by Crippen LogP contribution is -2.58. The second kappa shape index (κ2) is 13.5. The molecule has 0 unspecified atom stereocenters. The van der Waals surface area contributed by atoms with E-state index in [1.807, 2.05) is 30.3 Å². The van der Waals surface area contributed by atoms with Crippen molar-refractivity contribution in [1.29, 1.82) is 0 Å². The van der Waals surface area contributed by atoms with E-state index in [9.17, 15) is 15.0 Å². The minimum absolute atomic E-state index is 0.0788. The van der Waals surface area contributed by atoms with Gasteiger partial charge in [-0.2, -0.15) is 0 Å². The van der Waals surface area contributed by atoms with Crippen molar-refractivity contribution in [3.63, 3.8) is 0 Å². The number of aliphatic hydroxyl groups is 2. The highest BCUT2D eigenvalue weighted by molar-refractivity contribution is 5.67. The van der Waals surface area contributed by atoms with E-state index in [-0.39, 0.29) is 13.0 Å². The minimum atomic E-state index is -1.58. The molecule has 1 heterocycles. The fourth-order valence-corrected chi connectivity index (χ4v) is 4.37. The summed E-state index contributed by atoms with van der Waals surface area (Å²) in [6.45, 7) is 1.81. The van der Waals surface area contributed by atoms with Crippen LogP contribution in [0.2, 0.25) is 0 Å². The number of nitrogens with zero attached hydrogens (tertiary/aromatic N) is 9. The summed E-state index contributed by atoms with van der Waals surface area (Å²) < 4.78 is 17.2. The molecule has 0 spiro atoms. The molecule has 1 aromatic rings. The SMILES string of the molecule is C[C@@H](NC(=O)OCc1ccccc1)[C@@H]1CC[C@@H](N=[N+]=[N-])[C@@H](O[C@H]2[C@H](O)[C@@H](O)[C@H](N=[N+]=[N-])C[C@@H]2N=[N+]=[N-])O1. The molecule has 1 aliphatic carbocycles. The minimum Gasteiger partial charge on any atom is -0.445 e. The monoisotopic (exact) mass is 516 g/mol. The van der Waals surface area contributed by atoms with Crippen molar-refractivity contribution in [3.8, 4) is 0 Å². The Morgan fingerprint density at radius 1 is 1.05 bits per heavy atom. The van der Waals surface area contributed by atoms with Crippen LogP contribution in [0.25, 0.3) is 31.3 Å². The fourth-order valence-electron chi connectivity index (χ4n) is 4.37. The van der Waals surface area contributed by atoms with Crippen molar-refractivity contribution in [2.75, 3.05) is 0 Å². The second-order valence-electron chi connectivity index (χ2n) is 8.75. The number of hydrogen-bond donors (Lipinski definition) is 3. The highest BCUT2D eigenvalue weighted by Gasteiger charge is 2.46. The van der Waals surface area contributed by atoms with Crippen molar-refractivity contribution in [3.05, 3.63) is 67.2 Å². The molecule has 1 saturated carbocycles. The normalized spacial score (nSPS) is 32.0. The molecule has 1 saturated heterocycles. The summed E-state index contributed by atoms with van der Waals surface area (Å²) in [5.41, 5.74) is 27.5. The van der Waals surface area contributed by atoms with Crippen LogP contribution in [0.1, 0.15) is 31.7 Å². The van der Waals surface area contributed by atoms with Gasteiger partial charge in [0.2, 0.25) is 0 Å². The summed E-state index contributed by atoms with van der Waals surface area (Å²) >= 11 is 0. The van der Waals surface area contributed by atoms with E-state index >= 15 is 0 Å². The Morgan fingerprint density at radius 3 is 2.38 bits per heavy atom. The first-order valence-corrected chi connectivity index (χ1v) is 11.6. The van der Waals surface area contributed by atoms with Crippen LogP contribution in [0.3, 0.4) is 0 Å². The number of ether oxygens (including phenoxy) is 3. The van der Waals surface area contributed by atoms with Gasteiger partial charge in [-0.05, 0) is 48.3 Å². The van der Waals surface area contributed by atoms with Gasteiger partial charge in [0.05, 0.1) is 42.5 Å². The lowest BCUT2D eigenvalue weighted by atomic mass is 9.84. The van der Waals surface area contributed by atoms with E-state index < -0.39 is 61.0 Å². The van der Waals surface area contributed by atoms with E-state index in [0.29, 0.717) is 12.8 Å². The summed E-state index contributed by atoms with van der Waals surface area (Å²) in [6.07, 6.45) is -6.03. The van der Waals surface area contributed by atoms with Crippen LogP contribution in [-0.4, -0.2) is 71.2 Å². The maximum Gasteiger partial charge on any atom is 0.407 e. The van der Waals surface area contributed by atoms with Gasteiger partial charge in [0.15, 0.2) is 6.29 Å². The van der Waals surface area contributed by atoms with Crippen LogP contribution >= 0.6 is 0 Å². The molecule has 0 radical (unpaired) electrons. The molecule has 9 atom stereocenters. The molecule has 16 nitrogen and oxygen atoms in total. The van der Waals surface area contributed by atoms with Crippen molar-refractivity contribution >= 4 is 6.09 Å². The summed E-state index contributed by atoms with van der Waals surface area (Å²) in [4.78, 5) is 20.5. The van der Waals surface area contributed by atoms with Gasteiger partial charge in [-0.15, -0.1) is 0 Å². The Labute approximate surface area is 211 Å². The Bertz CT molecular complexity index is 1060. The number of carbonyl (C=O) groups excluding carboxylic acids is 1. The van der Waals surface area contributed by atoms with Gasteiger partial charge in [-0.3, -0.25) is 0 Å². The molecular formula is C21H28N10O6. The van der Waals surface area contributed by atoms with Crippen LogP contribution in [0.15, 0.2) is 45.7 Å². The molecule has 2 aliphatic rings. The number of aliphatic hydroxyl groups excluding tert-OH is 2. The maximum atomic E-state index is 12.3. The summed E-state index contributed by atoms with van der Waals surface area (Å²) in [5, 5.41) is 34.5. The van der Waals surface area contributed by atoms with Crippen LogP contribution < -0.4 is 5.32 Å². The van der Waals surface area contributed by atoms with Gasteiger partial charge < -0.3 is 29.7 Å². The first-order chi connectivity index (χ1) is 17.9. The van der Waals surface area contributed by atoms with E-state index in [2.05, 4.69) is 35.4 Å². The van der Waals surface area contributed by atoms with Crippen molar-refractivity contribution in [2.24, 2.45) is 15.3 Å². The Morgan fingerprint density at radius 2 is 1.70 bits per heavy atom. The van der Waals surface area contributed by atoms with Gasteiger partial charge in [0.1, 0.15) is 12.7 Å². The Balaban J connectivity index is 1.67. The largest absolute Gasteiger partial charge is 0.445 e. The summed E-state index contributed by atoms with van der Waals surface area (Å²) in [7, 11) is 0. The predicted molar refractivity (Wildman–Crippen MR) is 127 cm³/mol. The van der Waals surface area contributed by atoms with E-state index in [1.165, 1.54) is 0 Å². The molecular weight excluding hydrogens is 488 g/mol. The zero-order valence-electron chi connectivity index (χ0n) is 20.0. The lowest BCUT2D eigenvalue weighted by molar-refractivity contribution is -0.255. The smallest absolute Gasteiger partial charge is 0.407 e. The topological polar surface area (TPSA) is 244 Å². The van der Waals surface area contributed by atoms with Gasteiger partial charge in [-0.1, -0.05) is 45.7 Å². The van der Waals surface area contributed by atoms with Crippen LogP contribution in [0.4, 0.5) is 4.79 Å². The predicted octanol–water partition coefficient (Wildman–Crippen LogP) is 3.35. The number of hydrogen-bond acceptors (Lipinski definition) is 9. The van der Waals surface area contributed by atoms with Crippen molar-refractivity contribution < 1.29 is 29.2 Å². The molecule has 1 aromatic carbocycles. The average Bonchev–Trinajstić information content (AvgIpc) is 2.90. The molecule has 3 N–H and O–H groups in total. The quantitative estimate of drug-likeness (QED) is 0.252. The fraction of sp³-hybridized carbons (Fsp3) is 0.667. The second-order valence-corrected chi connectivity index (χ2v) is 8.75. The van der Waals surface area contributed by atoms with Crippen LogP contribution in [0, 0.1) is 0 Å². The number of carbonyl (C=O) groups is 1. The Kier molecular flexibility index (Phi) is 10.2. The van der Waals surface area contributed by atoms with Crippen molar-refractivity contribution in [2.45, 2.75) is 87.7 Å². The number of benzene rings is 1. The van der Waals surface area contributed by atoms with Gasteiger partial charge in [0.25, 0.3) is 0 Å².